The van der Waals surface area contributed by atoms with Crippen LogP contribution in [-0.4, -0.2) is 9.78 Å². The van der Waals surface area contributed by atoms with Gasteiger partial charge in [-0.15, -0.1) is 0 Å². The average molecular weight is 178 g/mol. The van der Waals surface area contributed by atoms with Gasteiger partial charge in [0, 0.05) is 5.69 Å². The third-order valence-electron chi connectivity index (χ3n) is 2.97. The molecular weight excluding hydrogens is 160 g/mol. The van der Waals surface area contributed by atoms with Crippen LogP contribution in [0.4, 0.5) is 0 Å². The molecule has 1 heterocycles. The van der Waals surface area contributed by atoms with Crippen LogP contribution in [0.25, 0.3) is 0 Å². The smallest absolute Gasteiger partial charge is 0.0596 e. The quantitative estimate of drug-likeness (QED) is 0.646. The fraction of sp³-hybridized carbons (Fsp3) is 0.727. The van der Waals surface area contributed by atoms with E-state index in [-0.39, 0.29) is 0 Å². The molecule has 2 heteroatoms. The minimum Gasteiger partial charge on any atom is -0.267 e. The van der Waals surface area contributed by atoms with Crippen LogP contribution in [0.3, 0.4) is 0 Å². The lowest BCUT2D eigenvalue weighted by Gasteiger charge is -2.23. The molecule has 1 aliphatic rings. The van der Waals surface area contributed by atoms with Gasteiger partial charge in [0.2, 0.25) is 0 Å². The predicted octanol–water partition coefficient (Wildman–Crippen LogP) is 3.01. The molecule has 2 rings (SSSR count). The molecule has 2 nitrogen and oxygen atoms in total. The first-order valence-corrected chi connectivity index (χ1v) is 5.30. The summed E-state index contributed by atoms with van der Waals surface area (Å²) in [6.45, 7) is 4.24. The zero-order chi connectivity index (χ0) is 9.26. The molecule has 1 fully saturated rings. The summed E-state index contributed by atoms with van der Waals surface area (Å²) >= 11 is 0. The zero-order valence-electron chi connectivity index (χ0n) is 8.58. The van der Waals surface area contributed by atoms with Crippen LogP contribution in [0.1, 0.15) is 49.5 Å². The molecular formula is C11H18N2. The number of aryl methyl sites for hydroxylation is 2. The van der Waals surface area contributed by atoms with E-state index in [4.69, 9.17) is 0 Å². The van der Waals surface area contributed by atoms with Crippen molar-refractivity contribution in [1.29, 1.82) is 0 Å². The minimum absolute atomic E-state index is 0.683. The fourth-order valence-corrected chi connectivity index (χ4v) is 2.34. The highest BCUT2D eigenvalue weighted by Crippen LogP contribution is 2.28. The Bertz CT molecular complexity index is 282. The topological polar surface area (TPSA) is 17.8 Å². The van der Waals surface area contributed by atoms with E-state index >= 15 is 0 Å². The van der Waals surface area contributed by atoms with Crippen LogP contribution >= 0.6 is 0 Å². The normalized spacial score (nSPS) is 19.2. The number of rotatable bonds is 1. The standard InChI is InChI=1S/C11H18N2/c1-9-8-10(2)13(12-9)11-6-4-3-5-7-11/h8,11H,3-7H2,1-2H3. The predicted molar refractivity (Wildman–Crippen MR) is 53.8 cm³/mol. The summed E-state index contributed by atoms with van der Waals surface area (Å²) in [6.07, 6.45) is 6.81. The molecule has 0 atom stereocenters. The Morgan fingerprint density at radius 3 is 2.46 bits per heavy atom. The Balaban J connectivity index is 2.18. The lowest BCUT2D eigenvalue weighted by molar-refractivity contribution is 0.324. The van der Waals surface area contributed by atoms with Gasteiger partial charge in [-0.2, -0.15) is 5.10 Å². The van der Waals surface area contributed by atoms with E-state index in [1.54, 1.807) is 0 Å². The van der Waals surface area contributed by atoms with Gasteiger partial charge in [-0.1, -0.05) is 19.3 Å². The number of hydrogen-bond donors (Lipinski definition) is 0. The highest BCUT2D eigenvalue weighted by Gasteiger charge is 2.17. The maximum absolute atomic E-state index is 4.55. The van der Waals surface area contributed by atoms with Gasteiger partial charge < -0.3 is 0 Å². The van der Waals surface area contributed by atoms with Crippen molar-refractivity contribution in [1.82, 2.24) is 9.78 Å². The molecule has 0 spiro atoms. The molecule has 0 saturated heterocycles. The average Bonchev–Trinajstić information content (AvgIpc) is 2.47. The number of hydrogen-bond acceptors (Lipinski definition) is 1. The van der Waals surface area contributed by atoms with E-state index < -0.39 is 0 Å². The van der Waals surface area contributed by atoms with Gasteiger partial charge >= 0.3 is 0 Å². The Labute approximate surface area is 80.0 Å². The van der Waals surface area contributed by atoms with E-state index in [1.807, 2.05) is 0 Å². The second-order valence-electron chi connectivity index (χ2n) is 4.16. The summed E-state index contributed by atoms with van der Waals surface area (Å²) in [5.74, 6) is 0. The highest BCUT2D eigenvalue weighted by atomic mass is 15.3. The molecule has 0 aromatic carbocycles. The summed E-state index contributed by atoms with van der Waals surface area (Å²) in [6, 6.07) is 2.86. The third kappa shape index (κ3) is 1.77. The van der Waals surface area contributed by atoms with Gasteiger partial charge in [0.05, 0.1) is 11.7 Å². The van der Waals surface area contributed by atoms with Crippen molar-refractivity contribution in [2.45, 2.75) is 52.0 Å². The SMILES string of the molecule is Cc1cc(C)n(C2CCCCC2)n1. The van der Waals surface area contributed by atoms with E-state index in [2.05, 4.69) is 29.7 Å². The fourth-order valence-electron chi connectivity index (χ4n) is 2.34. The summed E-state index contributed by atoms with van der Waals surface area (Å²) in [5.41, 5.74) is 2.48. The van der Waals surface area contributed by atoms with E-state index in [0.29, 0.717) is 6.04 Å². The second-order valence-corrected chi connectivity index (χ2v) is 4.16. The molecule has 0 amide bonds. The Morgan fingerprint density at radius 1 is 1.23 bits per heavy atom. The first kappa shape index (κ1) is 8.79. The second kappa shape index (κ2) is 3.52. The van der Waals surface area contributed by atoms with Gasteiger partial charge in [-0.25, -0.2) is 0 Å². The molecule has 13 heavy (non-hydrogen) atoms. The third-order valence-corrected chi connectivity index (χ3v) is 2.97. The Kier molecular flexibility index (Phi) is 2.38. The first-order chi connectivity index (χ1) is 6.27. The van der Waals surface area contributed by atoms with Gasteiger partial charge in [0.15, 0.2) is 0 Å². The minimum atomic E-state index is 0.683. The van der Waals surface area contributed by atoms with Crippen LogP contribution in [0.15, 0.2) is 6.07 Å². The van der Waals surface area contributed by atoms with Gasteiger partial charge in [-0.05, 0) is 32.8 Å². The highest BCUT2D eigenvalue weighted by molar-refractivity contribution is 5.07. The van der Waals surface area contributed by atoms with E-state index in [1.165, 1.54) is 37.8 Å². The largest absolute Gasteiger partial charge is 0.267 e. The maximum Gasteiger partial charge on any atom is 0.0596 e. The molecule has 0 unspecified atom stereocenters. The van der Waals surface area contributed by atoms with Crippen molar-refractivity contribution in [3.8, 4) is 0 Å². The molecule has 0 aliphatic heterocycles. The van der Waals surface area contributed by atoms with Crippen LogP contribution < -0.4 is 0 Å². The molecule has 1 aromatic heterocycles. The van der Waals surface area contributed by atoms with Gasteiger partial charge in [0.1, 0.15) is 0 Å². The Hall–Kier alpha value is -0.790. The summed E-state index contributed by atoms with van der Waals surface area (Å²) < 4.78 is 2.23. The van der Waals surface area contributed by atoms with E-state index in [0.717, 1.165) is 5.69 Å². The molecule has 0 bridgehead atoms. The lowest BCUT2D eigenvalue weighted by atomic mass is 9.95. The van der Waals surface area contributed by atoms with Crippen molar-refractivity contribution in [3.63, 3.8) is 0 Å². The molecule has 1 saturated carbocycles. The Morgan fingerprint density at radius 2 is 1.92 bits per heavy atom. The monoisotopic (exact) mass is 178 g/mol. The van der Waals surface area contributed by atoms with E-state index in [9.17, 15) is 0 Å². The van der Waals surface area contributed by atoms with Gasteiger partial charge in [0.25, 0.3) is 0 Å². The number of aromatic nitrogens is 2. The lowest BCUT2D eigenvalue weighted by Crippen LogP contribution is -2.15. The summed E-state index contributed by atoms with van der Waals surface area (Å²) in [5, 5.41) is 4.55. The van der Waals surface area contributed by atoms with Crippen molar-refractivity contribution in [3.05, 3.63) is 17.5 Å². The van der Waals surface area contributed by atoms with Crippen molar-refractivity contribution in [2.24, 2.45) is 0 Å². The molecule has 1 aliphatic carbocycles. The number of nitrogens with zero attached hydrogens (tertiary/aromatic N) is 2. The van der Waals surface area contributed by atoms with Crippen molar-refractivity contribution < 1.29 is 0 Å². The van der Waals surface area contributed by atoms with Gasteiger partial charge in [-0.3, -0.25) is 4.68 Å². The summed E-state index contributed by atoms with van der Waals surface area (Å²) in [4.78, 5) is 0. The molecule has 1 aromatic rings. The molecule has 0 radical (unpaired) electrons. The summed E-state index contributed by atoms with van der Waals surface area (Å²) in [7, 11) is 0. The first-order valence-electron chi connectivity index (χ1n) is 5.30. The van der Waals surface area contributed by atoms with Crippen LogP contribution in [0, 0.1) is 13.8 Å². The zero-order valence-corrected chi connectivity index (χ0v) is 8.58. The van der Waals surface area contributed by atoms with Crippen LogP contribution in [-0.2, 0) is 0 Å². The van der Waals surface area contributed by atoms with Crippen LogP contribution in [0.5, 0.6) is 0 Å². The van der Waals surface area contributed by atoms with Crippen molar-refractivity contribution >= 4 is 0 Å². The van der Waals surface area contributed by atoms with Crippen molar-refractivity contribution in [2.75, 3.05) is 0 Å². The molecule has 72 valence electrons. The van der Waals surface area contributed by atoms with Crippen LogP contribution in [0.2, 0.25) is 0 Å². The maximum atomic E-state index is 4.55. The molecule has 0 N–H and O–H groups in total.